The number of benzene rings is 2. The van der Waals surface area contributed by atoms with Crippen molar-refractivity contribution in [2.45, 2.75) is 20.8 Å². The zero-order valence-corrected chi connectivity index (χ0v) is 17.0. The summed E-state index contributed by atoms with van der Waals surface area (Å²) in [5, 5.41) is 4.23. The Morgan fingerprint density at radius 2 is 1.85 bits per heavy atom. The van der Waals surface area contributed by atoms with Gasteiger partial charge in [0.1, 0.15) is 5.69 Å². The zero-order valence-electron chi connectivity index (χ0n) is 15.5. The molecule has 0 atom stereocenters. The minimum atomic E-state index is 0.768. The van der Waals surface area contributed by atoms with Crippen molar-refractivity contribution < 1.29 is 4.52 Å². The number of aliphatic imine (C=N–C) groups is 1. The van der Waals surface area contributed by atoms with E-state index in [1.165, 1.54) is 0 Å². The molecule has 0 saturated carbocycles. The van der Waals surface area contributed by atoms with E-state index in [4.69, 9.17) is 4.52 Å². The second-order valence-electron chi connectivity index (χ2n) is 6.35. The summed E-state index contributed by atoms with van der Waals surface area (Å²) in [6.07, 6.45) is 1.86. The van der Waals surface area contributed by atoms with Gasteiger partial charge in [-0.15, -0.1) is 0 Å². The van der Waals surface area contributed by atoms with E-state index in [1.54, 1.807) is 0 Å². The van der Waals surface area contributed by atoms with Crippen LogP contribution in [0.25, 0.3) is 22.6 Å². The van der Waals surface area contributed by atoms with Crippen LogP contribution in [0.3, 0.4) is 0 Å². The first kappa shape index (κ1) is 18.4. The molecule has 3 aromatic rings. The molecule has 3 rings (SSSR count). The number of nitrogens with zero attached hydrogens (tertiary/aromatic N) is 3. The normalized spacial score (nSPS) is 11.3. The molecule has 0 radical (unpaired) electrons. The summed E-state index contributed by atoms with van der Waals surface area (Å²) < 4.78 is 6.66. The Bertz CT molecular complexity index is 929. The Hall–Kier alpha value is -2.40. The van der Waals surface area contributed by atoms with Crippen molar-refractivity contribution in [2.75, 3.05) is 13.6 Å². The van der Waals surface area contributed by atoms with E-state index in [9.17, 15) is 0 Å². The van der Waals surface area contributed by atoms with Gasteiger partial charge < -0.3 is 9.42 Å². The standard InChI is InChI=1S/C21H22BrN3O/c1-5-25(4)13-23-19-11-14(2)18(10-15(19)3)21-12-20(24-26-21)16-6-8-17(22)9-7-16/h6-13H,5H2,1-4H3/b23-13-. The lowest BCUT2D eigenvalue weighted by Crippen LogP contribution is -2.14. The first-order valence-electron chi connectivity index (χ1n) is 8.56. The van der Waals surface area contributed by atoms with E-state index >= 15 is 0 Å². The summed E-state index contributed by atoms with van der Waals surface area (Å²) in [4.78, 5) is 6.63. The minimum absolute atomic E-state index is 0.768. The number of rotatable bonds is 5. The number of halogens is 1. The summed E-state index contributed by atoms with van der Waals surface area (Å²) in [7, 11) is 2.01. The van der Waals surface area contributed by atoms with E-state index in [-0.39, 0.29) is 0 Å². The predicted octanol–water partition coefficient (Wildman–Crippen LogP) is 6.00. The Morgan fingerprint density at radius 1 is 1.12 bits per heavy atom. The third kappa shape index (κ3) is 4.05. The molecule has 5 heteroatoms. The molecule has 0 saturated heterocycles. The van der Waals surface area contributed by atoms with Crippen molar-refractivity contribution in [1.29, 1.82) is 0 Å². The molecular weight excluding hydrogens is 390 g/mol. The molecule has 0 aliphatic heterocycles. The maximum absolute atomic E-state index is 5.62. The summed E-state index contributed by atoms with van der Waals surface area (Å²) in [5.41, 5.74) is 6.09. The van der Waals surface area contributed by atoms with Crippen LogP contribution in [0.4, 0.5) is 5.69 Å². The van der Waals surface area contributed by atoms with Crippen molar-refractivity contribution in [2.24, 2.45) is 4.99 Å². The fourth-order valence-corrected chi connectivity index (χ4v) is 2.87. The van der Waals surface area contributed by atoms with Gasteiger partial charge in [0.2, 0.25) is 0 Å². The average molecular weight is 412 g/mol. The molecule has 0 amide bonds. The lowest BCUT2D eigenvalue weighted by Gasteiger charge is -2.10. The highest BCUT2D eigenvalue weighted by Gasteiger charge is 2.13. The molecule has 0 fully saturated rings. The summed E-state index contributed by atoms with van der Waals surface area (Å²) >= 11 is 3.45. The molecule has 0 N–H and O–H groups in total. The monoisotopic (exact) mass is 411 g/mol. The molecule has 0 aliphatic rings. The predicted molar refractivity (Wildman–Crippen MR) is 111 cm³/mol. The molecule has 26 heavy (non-hydrogen) atoms. The van der Waals surface area contributed by atoms with Gasteiger partial charge in [-0.25, -0.2) is 4.99 Å². The maximum Gasteiger partial charge on any atom is 0.167 e. The summed E-state index contributed by atoms with van der Waals surface area (Å²) in [5.74, 6) is 0.768. The largest absolute Gasteiger partial charge is 0.366 e. The number of hydrogen-bond acceptors (Lipinski definition) is 3. The first-order valence-corrected chi connectivity index (χ1v) is 9.36. The topological polar surface area (TPSA) is 41.6 Å². The average Bonchev–Trinajstić information content (AvgIpc) is 3.12. The van der Waals surface area contributed by atoms with Gasteiger partial charge in [-0.2, -0.15) is 0 Å². The highest BCUT2D eigenvalue weighted by molar-refractivity contribution is 9.10. The van der Waals surface area contributed by atoms with Gasteiger partial charge in [0.05, 0.1) is 12.0 Å². The second kappa shape index (κ2) is 7.87. The van der Waals surface area contributed by atoms with Gasteiger partial charge in [0.25, 0.3) is 0 Å². The van der Waals surface area contributed by atoms with Gasteiger partial charge in [0, 0.05) is 35.3 Å². The van der Waals surface area contributed by atoms with E-state index < -0.39 is 0 Å². The number of aromatic nitrogens is 1. The molecule has 2 aromatic carbocycles. The summed E-state index contributed by atoms with van der Waals surface area (Å²) in [6, 6.07) is 14.2. The highest BCUT2D eigenvalue weighted by atomic mass is 79.9. The lowest BCUT2D eigenvalue weighted by molar-refractivity contribution is 0.434. The van der Waals surface area contributed by atoms with Gasteiger partial charge in [0.15, 0.2) is 5.76 Å². The van der Waals surface area contributed by atoms with Crippen LogP contribution < -0.4 is 0 Å². The lowest BCUT2D eigenvalue weighted by atomic mass is 10.0. The Balaban J connectivity index is 1.91. The molecule has 0 unspecified atom stereocenters. The van der Waals surface area contributed by atoms with Crippen LogP contribution in [0.5, 0.6) is 0 Å². The second-order valence-corrected chi connectivity index (χ2v) is 7.27. The van der Waals surface area contributed by atoms with Crippen LogP contribution in [0.15, 0.2) is 56.5 Å². The third-order valence-electron chi connectivity index (χ3n) is 4.35. The van der Waals surface area contributed by atoms with Gasteiger partial charge in [-0.1, -0.05) is 33.2 Å². The molecule has 4 nitrogen and oxygen atoms in total. The van der Waals surface area contributed by atoms with Crippen LogP contribution >= 0.6 is 15.9 Å². The van der Waals surface area contributed by atoms with Gasteiger partial charge in [-0.3, -0.25) is 0 Å². The van der Waals surface area contributed by atoms with Crippen LogP contribution in [0, 0.1) is 13.8 Å². The summed E-state index contributed by atoms with van der Waals surface area (Å²) in [6.45, 7) is 7.16. The first-order chi connectivity index (χ1) is 12.5. The molecule has 0 aliphatic carbocycles. The van der Waals surface area contributed by atoms with E-state index in [0.717, 1.165) is 50.4 Å². The Labute approximate surface area is 162 Å². The Kier molecular flexibility index (Phi) is 5.57. The molecular formula is C21H22BrN3O. The van der Waals surface area contributed by atoms with Crippen LogP contribution in [-0.2, 0) is 0 Å². The van der Waals surface area contributed by atoms with Crippen LogP contribution in [-0.4, -0.2) is 30.0 Å². The zero-order chi connectivity index (χ0) is 18.7. The molecule has 0 bridgehead atoms. The maximum atomic E-state index is 5.62. The van der Waals surface area contributed by atoms with Crippen LogP contribution in [0.1, 0.15) is 18.1 Å². The Morgan fingerprint density at radius 3 is 2.54 bits per heavy atom. The quantitative estimate of drug-likeness (QED) is 0.381. The third-order valence-corrected chi connectivity index (χ3v) is 4.88. The number of aryl methyl sites for hydroxylation is 2. The molecule has 1 aromatic heterocycles. The van der Waals surface area contributed by atoms with Crippen molar-refractivity contribution in [3.63, 3.8) is 0 Å². The minimum Gasteiger partial charge on any atom is -0.366 e. The van der Waals surface area contributed by atoms with E-state index in [0.29, 0.717) is 0 Å². The SMILES string of the molecule is CCN(C)/C=N\c1cc(C)c(-c2cc(-c3ccc(Br)cc3)no2)cc1C. The smallest absolute Gasteiger partial charge is 0.167 e. The fourth-order valence-electron chi connectivity index (χ4n) is 2.61. The van der Waals surface area contributed by atoms with Gasteiger partial charge >= 0.3 is 0 Å². The van der Waals surface area contributed by atoms with Gasteiger partial charge in [-0.05, 0) is 56.2 Å². The van der Waals surface area contributed by atoms with Crippen LogP contribution in [0.2, 0.25) is 0 Å². The fraction of sp³-hybridized carbons (Fsp3) is 0.238. The van der Waals surface area contributed by atoms with Crippen molar-refractivity contribution >= 4 is 28.0 Å². The number of hydrogen-bond donors (Lipinski definition) is 0. The highest BCUT2D eigenvalue weighted by Crippen LogP contribution is 2.32. The molecule has 1 heterocycles. The van der Waals surface area contributed by atoms with E-state index in [1.807, 2.05) is 48.6 Å². The molecule has 134 valence electrons. The van der Waals surface area contributed by atoms with Crippen molar-refractivity contribution in [1.82, 2.24) is 10.1 Å². The van der Waals surface area contributed by atoms with Crippen molar-refractivity contribution in [3.05, 3.63) is 58.1 Å². The van der Waals surface area contributed by atoms with E-state index in [2.05, 4.69) is 59.0 Å². The molecule has 0 spiro atoms. The van der Waals surface area contributed by atoms with Crippen molar-refractivity contribution in [3.8, 4) is 22.6 Å².